The Bertz CT molecular complexity index is 437. The molecule has 1 aliphatic heterocycles. The second kappa shape index (κ2) is 5.06. The van der Waals surface area contributed by atoms with E-state index in [9.17, 15) is 4.79 Å². The molecule has 1 aromatic rings. The number of nitrogens with two attached hydrogens (primary N) is 1. The molecule has 0 spiro atoms. The maximum absolute atomic E-state index is 11.8. The Morgan fingerprint density at radius 1 is 1.59 bits per heavy atom. The molecule has 1 saturated heterocycles. The van der Waals surface area contributed by atoms with E-state index in [4.69, 9.17) is 10.5 Å². The van der Waals surface area contributed by atoms with Gasteiger partial charge >= 0.3 is 0 Å². The van der Waals surface area contributed by atoms with Gasteiger partial charge in [0.15, 0.2) is 0 Å². The van der Waals surface area contributed by atoms with Gasteiger partial charge < -0.3 is 15.4 Å². The van der Waals surface area contributed by atoms with Crippen LogP contribution in [0, 0.1) is 5.92 Å². The van der Waals surface area contributed by atoms with Crippen LogP contribution < -0.4 is 15.4 Å². The fourth-order valence-corrected chi connectivity index (χ4v) is 2.41. The number of amides is 1. The van der Waals surface area contributed by atoms with Crippen molar-refractivity contribution in [1.82, 2.24) is 0 Å². The molecule has 1 atom stereocenters. The summed E-state index contributed by atoms with van der Waals surface area (Å²) in [4.78, 5) is 13.6. The molecule has 5 heteroatoms. The molecular weight excluding hydrogens is 284 g/mol. The highest BCUT2D eigenvalue weighted by atomic mass is 79.9. The average molecular weight is 299 g/mol. The lowest BCUT2D eigenvalue weighted by atomic mass is 10.1. The van der Waals surface area contributed by atoms with Crippen LogP contribution in [0.4, 0.5) is 5.69 Å². The van der Waals surface area contributed by atoms with E-state index in [1.165, 1.54) is 0 Å². The van der Waals surface area contributed by atoms with Crippen LogP contribution in [0.5, 0.6) is 5.75 Å². The van der Waals surface area contributed by atoms with Crippen molar-refractivity contribution in [3.8, 4) is 5.75 Å². The van der Waals surface area contributed by atoms with Crippen molar-refractivity contribution in [2.75, 3.05) is 25.1 Å². The first-order valence-electron chi connectivity index (χ1n) is 5.49. The summed E-state index contributed by atoms with van der Waals surface area (Å²) in [5.74, 6) is 1.12. The quantitative estimate of drug-likeness (QED) is 0.925. The van der Waals surface area contributed by atoms with E-state index in [0.29, 0.717) is 19.5 Å². The molecule has 1 aliphatic rings. The van der Waals surface area contributed by atoms with Crippen LogP contribution in [0.1, 0.15) is 6.42 Å². The van der Waals surface area contributed by atoms with Crippen LogP contribution in [0.2, 0.25) is 0 Å². The number of hydrogen-bond acceptors (Lipinski definition) is 3. The third kappa shape index (κ3) is 2.45. The lowest BCUT2D eigenvalue weighted by molar-refractivity contribution is -0.117. The van der Waals surface area contributed by atoms with Crippen molar-refractivity contribution in [3.05, 3.63) is 22.7 Å². The van der Waals surface area contributed by atoms with Gasteiger partial charge in [0, 0.05) is 24.7 Å². The normalized spacial score (nSPS) is 19.8. The van der Waals surface area contributed by atoms with Crippen LogP contribution in [0.3, 0.4) is 0 Å². The van der Waals surface area contributed by atoms with Gasteiger partial charge in [-0.05, 0) is 40.5 Å². The molecule has 2 rings (SSSR count). The predicted molar refractivity (Wildman–Crippen MR) is 70.2 cm³/mol. The molecule has 0 saturated carbocycles. The highest BCUT2D eigenvalue weighted by Gasteiger charge is 2.29. The zero-order valence-electron chi connectivity index (χ0n) is 9.65. The number of carbonyl (C=O) groups is 1. The Morgan fingerprint density at radius 3 is 2.94 bits per heavy atom. The maximum Gasteiger partial charge on any atom is 0.227 e. The van der Waals surface area contributed by atoms with E-state index >= 15 is 0 Å². The van der Waals surface area contributed by atoms with Gasteiger partial charge in [0.1, 0.15) is 5.75 Å². The van der Waals surface area contributed by atoms with Gasteiger partial charge in [-0.25, -0.2) is 0 Å². The van der Waals surface area contributed by atoms with Crippen molar-refractivity contribution >= 4 is 27.5 Å². The first kappa shape index (κ1) is 12.4. The summed E-state index contributed by atoms with van der Waals surface area (Å²) >= 11 is 3.39. The first-order valence-corrected chi connectivity index (χ1v) is 6.29. The fraction of sp³-hybridized carbons (Fsp3) is 0.417. The summed E-state index contributed by atoms with van der Waals surface area (Å²) in [6, 6.07) is 5.65. The summed E-state index contributed by atoms with van der Waals surface area (Å²) in [5, 5.41) is 0. The van der Waals surface area contributed by atoms with Gasteiger partial charge in [0.05, 0.1) is 11.6 Å². The Balaban J connectivity index is 2.26. The van der Waals surface area contributed by atoms with Crippen LogP contribution >= 0.6 is 15.9 Å². The second-order valence-corrected chi connectivity index (χ2v) is 4.98. The SMILES string of the molecule is COc1cc(N2CC(CN)CC2=O)ccc1Br. The third-order valence-corrected chi connectivity index (χ3v) is 3.64. The Labute approximate surface area is 109 Å². The van der Waals surface area contributed by atoms with Crippen LogP contribution in [-0.2, 0) is 4.79 Å². The standard InChI is InChI=1S/C12H15BrN2O2/c1-17-11-5-9(2-3-10(11)13)15-7-8(6-14)4-12(15)16/h2-3,5,8H,4,6-7,14H2,1H3. The Hall–Kier alpha value is -1.07. The first-order chi connectivity index (χ1) is 8.15. The lowest BCUT2D eigenvalue weighted by Crippen LogP contribution is -2.25. The third-order valence-electron chi connectivity index (χ3n) is 2.98. The number of halogens is 1. The number of ether oxygens (including phenoxy) is 1. The van der Waals surface area contributed by atoms with Gasteiger partial charge in [-0.15, -0.1) is 0 Å². The lowest BCUT2D eigenvalue weighted by Gasteiger charge is -2.17. The number of hydrogen-bond donors (Lipinski definition) is 1. The van der Waals surface area contributed by atoms with E-state index in [2.05, 4.69) is 15.9 Å². The molecule has 2 N–H and O–H groups in total. The number of methoxy groups -OCH3 is 1. The Kier molecular flexibility index (Phi) is 3.69. The van der Waals surface area contributed by atoms with Gasteiger partial charge in [0.2, 0.25) is 5.91 Å². The minimum absolute atomic E-state index is 0.129. The minimum Gasteiger partial charge on any atom is -0.495 e. The molecule has 17 heavy (non-hydrogen) atoms. The van der Waals surface area contributed by atoms with E-state index in [1.807, 2.05) is 18.2 Å². The number of anilines is 1. The van der Waals surface area contributed by atoms with Gasteiger partial charge in [-0.1, -0.05) is 0 Å². The van der Waals surface area contributed by atoms with Gasteiger partial charge in [-0.3, -0.25) is 4.79 Å². The monoisotopic (exact) mass is 298 g/mol. The van der Waals surface area contributed by atoms with Crippen molar-refractivity contribution in [2.45, 2.75) is 6.42 Å². The number of carbonyl (C=O) groups excluding carboxylic acids is 1. The van der Waals surface area contributed by atoms with E-state index in [-0.39, 0.29) is 11.8 Å². The van der Waals surface area contributed by atoms with Gasteiger partial charge in [0.25, 0.3) is 0 Å². The summed E-state index contributed by atoms with van der Waals surface area (Å²) in [6.07, 6.45) is 0.537. The van der Waals surface area contributed by atoms with Gasteiger partial charge in [-0.2, -0.15) is 0 Å². The summed E-state index contributed by atoms with van der Waals surface area (Å²) in [5.41, 5.74) is 6.47. The maximum atomic E-state index is 11.8. The molecule has 0 aromatic heterocycles. The Morgan fingerprint density at radius 2 is 2.35 bits per heavy atom. The van der Waals surface area contributed by atoms with Crippen LogP contribution in [0.25, 0.3) is 0 Å². The molecule has 1 heterocycles. The van der Waals surface area contributed by atoms with Crippen molar-refractivity contribution in [2.24, 2.45) is 11.7 Å². The molecule has 1 aromatic carbocycles. The van der Waals surface area contributed by atoms with Crippen molar-refractivity contribution < 1.29 is 9.53 Å². The molecular formula is C12H15BrN2O2. The van der Waals surface area contributed by atoms with E-state index in [0.717, 1.165) is 15.9 Å². The molecule has 0 radical (unpaired) electrons. The smallest absolute Gasteiger partial charge is 0.227 e. The molecule has 0 bridgehead atoms. The highest BCUT2D eigenvalue weighted by Crippen LogP contribution is 2.32. The number of nitrogens with zero attached hydrogens (tertiary/aromatic N) is 1. The number of benzene rings is 1. The summed E-state index contributed by atoms with van der Waals surface area (Å²) in [7, 11) is 1.61. The zero-order valence-corrected chi connectivity index (χ0v) is 11.2. The topological polar surface area (TPSA) is 55.6 Å². The number of rotatable bonds is 3. The second-order valence-electron chi connectivity index (χ2n) is 4.13. The molecule has 1 fully saturated rings. The highest BCUT2D eigenvalue weighted by molar-refractivity contribution is 9.10. The average Bonchev–Trinajstić information content (AvgIpc) is 2.71. The van der Waals surface area contributed by atoms with E-state index in [1.54, 1.807) is 12.0 Å². The molecule has 1 unspecified atom stereocenters. The molecule has 1 amide bonds. The summed E-state index contributed by atoms with van der Waals surface area (Å²) < 4.78 is 6.10. The minimum atomic E-state index is 0.129. The largest absolute Gasteiger partial charge is 0.495 e. The molecule has 92 valence electrons. The van der Waals surface area contributed by atoms with Crippen LogP contribution in [-0.4, -0.2) is 26.1 Å². The molecule has 0 aliphatic carbocycles. The van der Waals surface area contributed by atoms with Crippen LogP contribution in [0.15, 0.2) is 22.7 Å². The zero-order chi connectivity index (χ0) is 12.4. The summed E-state index contributed by atoms with van der Waals surface area (Å²) in [6.45, 7) is 1.25. The van der Waals surface area contributed by atoms with E-state index < -0.39 is 0 Å². The fourth-order valence-electron chi connectivity index (χ4n) is 2.01. The molecule has 4 nitrogen and oxygen atoms in total. The predicted octanol–water partition coefficient (Wildman–Crippen LogP) is 1.77. The van der Waals surface area contributed by atoms with Crippen molar-refractivity contribution in [3.63, 3.8) is 0 Å². The van der Waals surface area contributed by atoms with Crippen molar-refractivity contribution in [1.29, 1.82) is 0 Å².